The standard InChI is InChI=1S/C24H24BrN3O2/c1-2-14-30-22-13-12-17(15-20(22)25)16-26-28-23(18-8-4-3-5-9-18)27-21-11-7-6-10-19(21)24(28)29/h2,6-7,10-13,15-16,18H,1,3-5,8-9,14H2. The van der Waals surface area contributed by atoms with Crippen LogP contribution in [0.2, 0.25) is 0 Å². The molecule has 0 radical (unpaired) electrons. The highest BCUT2D eigenvalue weighted by Gasteiger charge is 2.22. The number of nitrogens with zero attached hydrogens (tertiary/aromatic N) is 3. The van der Waals surface area contributed by atoms with Crippen LogP contribution in [-0.2, 0) is 0 Å². The minimum Gasteiger partial charge on any atom is -0.488 e. The highest BCUT2D eigenvalue weighted by molar-refractivity contribution is 9.10. The van der Waals surface area contributed by atoms with Gasteiger partial charge >= 0.3 is 0 Å². The van der Waals surface area contributed by atoms with Gasteiger partial charge in [-0.2, -0.15) is 9.78 Å². The number of hydrogen-bond donors (Lipinski definition) is 0. The van der Waals surface area contributed by atoms with E-state index < -0.39 is 0 Å². The largest absolute Gasteiger partial charge is 0.488 e. The molecule has 30 heavy (non-hydrogen) atoms. The van der Waals surface area contributed by atoms with Crippen LogP contribution < -0.4 is 10.3 Å². The molecule has 0 saturated heterocycles. The van der Waals surface area contributed by atoms with Gasteiger partial charge in [0.05, 0.1) is 21.6 Å². The van der Waals surface area contributed by atoms with E-state index in [1.807, 2.05) is 42.5 Å². The van der Waals surface area contributed by atoms with Gasteiger partial charge in [0.15, 0.2) is 0 Å². The second kappa shape index (κ2) is 9.39. The van der Waals surface area contributed by atoms with Gasteiger partial charge in [0, 0.05) is 5.92 Å². The van der Waals surface area contributed by atoms with Crippen LogP contribution in [0.3, 0.4) is 0 Å². The minimum absolute atomic E-state index is 0.123. The van der Waals surface area contributed by atoms with Gasteiger partial charge in [0.2, 0.25) is 0 Å². The third-order valence-corrected chi connectivity index (χ3v) is 6.00. The highest BCUT2D eigenvalue weighted by Crippen LogP contribution is 2.32. The first kappa shape index (κ1) is 20.5. The number of ether oxygens (including phenoxy) is 1. The first-order chi connectivity index (χ1) is 14.7. The normalized spacial score (nSPS) is 15.0. The summed E-state index contributed by atoms with van der Waals surface area (Å²) in [5.74, 6) is 1.76. The number of fused-ring (bicyclic) bond motifs is 1. The fourth-order valence-corrected chi connectivity index (χ4v) is 4.38. The van der Waals surface area contributed by atoms with Gasteiger partial charge in [0.25, 0.3) is 5.56 Å². The predicted molar refractivity (Wildman–Crippen MR) is 125 cm³/mol. The van der Waals surface area contributed by atoms with E-state index in [2.05, 4.69) is 27.6 Å². The quantitative estimate of drug-likeness (QED) is 0.348. The van der Waals surface area contributed by atoms with Crippen molar-refractivity contribution in [3.63, 3.8) is 0 Å². The van der Waals surface area contributed by atoms with Gasteiger partial charge in [-0.05, 0) is 64.7 Å². The van der Waals surface area contributed by atoms with Crippen molar-refractivity contribution in [2.24, 2.45) is 5.10 Å². The molecule has 1 aliphatic rings. The summed E-state index contributed by atoms with van der Waals surface area (Å²) < 4.78 is 7.91. The number of halogens is 1. The number of para-hydroxylation sites is 1. The van der Waals surface area contributed by atoms with E-state index in [1.165, 1.54) is 11.1 Å². The Hall–Kier alpha value is -2.73. The SMILES string of the molecule is C=CCOc1ccc(C=Nn2c(C3CCCCC3)nc3ccccc3c2=O)cc1Br. The summed E-state index contributed by atoms with van der Waals surface area (Å²) in [6.07, 6.45) is 9.06. The molecular formula is C24H24BrN3O2. The smallest absolute Gasteiger partial charge is 0.282 e. The summed E-state index contributed by atoms with van der Waals surface area (Å²) in [4.78, 5) is 18.1. The Morgan fingerprint density at radius 3 is 2.77 bits per heavy atom. The molecule has 3 aromatic rings. The van der Waals surface area contributed by atoms with Crippen LogP contribution in [0.5, 0.6) is 5.75 Å². The van der Waals surface area contributed by atoms with E-state index in [9.17, 15) is 4.79 Å². The molecule has 5 nitrogen and oxygen atoms in total. The van der Waals surface area contributed by atoms with E-state index in [-0.39, 0.29) is 11.5 Å². The van der Waals surface area contributed by atoms with Gasteiger partial charge in [-0.1, -0.05) is 44.1 Å². The van der Waals surface area contributed by atoms with Crippen molar-refractivity contribution < 1.29 is 4.74 Å². The lowest BCUT2D eigenvalue weighted by Crippen LogP contribution is -2.25. The maximum atomic E-state index is 13.2. The highest BCUT2D eigenvalue weighted by atomic mass is 79.9. The van der Waals surface area contributed by atoms with Gasteiger partial charge in [-0.25, -0.2) is 4.98 Å². The zero-order valence-corrected chi connectivity index (χ0v) is 18.3. The van der Waals surface area contributed by atoms with Crippen molar-refractivity contribution >= 4 is 33.0 Å². The molecule has 0 spiro atoms. The molecule has 0 bridgehead atoms. The van der Waals surface area contributed by atoms with E-state index >= 15 is 0 Å². The Morgan fingerprint density at radius 1 is 1.20 bits per heavy atom. The molecule has 1 fully saturated rings. The second-order valence-electron chi connectivity index (χ2n) is 7.47. The average Bonchev–Trinajstić information content (AvgIpc) is 2.78. The van der Waals surface area contributed by atoms with Gasteiger partial charge in [-0.3, -0.25) is 4.79 Å². The van der Waals surface area contributed by atoms with E-state index in [1.54, 1.807) is 12.3 Å². The van der Waals surface area contributed by atoms with Crippen LogP contribution in [0.15, 0.2) is 69.5 Å². The lowest BCUT2D eigenvalue weighted by atomic mass is 9.88. The molecule has 1 heterocycles. The maximum Gasteiger partial charge on any atom is 0.282 e. The van der Waals surface area contributed by atoms with E-state index in [0.717, 1.165) is 52.8 Å². The van der Waals surface area contributed by atoms with Crippen LogP contribution in [0.25, 0.3) is 10.9 Å². The molecule has 0 amide bonds. The second-order valence-corrected chi connectivity index (χ2v) is 8.33. The molecule has 2 aromatic carbocycles. The summed E-state index contributed by atoms with van der Waals surface area (Å²) in [6, 6.07) is 13.2. The number of aromatic nitrogens is 2. The fraction of sp³-hybridized carbons (Fsp3) is 0.292. The zero-order chi connectivity index (χ0) is 20.9. The Balaban J connectivity index is 1.73. The van der Waals surface area contributed by atoms with Crippen molar-refractivity contribution in [2.45, 2.75) is 38.0 Å². The first-order valence-corrected chi connectivity index (χ1v) is 11.1. The molecule has 154 valence electrons. The Morgan fingerprint density at radius 2 is 2.00 bits per heavy atom. The lowest BCUT2D eigenvalue weighted by molar-refractivity contribution is 0.361. The Labute approximate surface area is 184 Å². The monoisotopic (exact) mass is 465 g/mol. The van der Waals surface area contributed by atoms with Crippen molar-refractivity contribution in [2.75, 3.05) is 6.61 Å². The molecule has 0 unspecified atom stereocenters. The molecule has 1 saturated carbocycles. The summed E-state index contributed by atoms with van der Waals surface area (Å²) in [5, 5.41) is 5.16. The van der Waals surface area contributed by atoms with Gasteiger partial charge < -0.3 is 4.74 Å². The van der Waals surface area contributed by atoms with E-state index in [4.69, 9.17) is 9.72 Å². The van der Waals surface area contributed by atoms with Crippen molar-refractivity contribution in [3.05, 3.63) is 81.3 Å². The molecule has 6 heteroatoms. The molecule has 0 aliphatic heterocycles. The lowest BCUT2D eigenvalue weighted by Gasteiger charge is -2.22. The van der Waals surface area contributed by atoms with Gasteiger partial charge in [-0.15, -0.1) is 0 Å². The van der Waals surface area contributed by atoms with Gasteiger partial charge in [0.1, 0.15) is 18.2 Å². The summed E-state index contributed by atoms with van der Waals surface area (Å²) in [7, 11) is 0. The van der Waals surface area contributed by atoms with Crippen molar-refractivity contribution in [1.82, 2.24) is 9.66 Å². The topological polar surface area (TPSA) is 56.5 Å². The molecule has 1 aromatic heterocycles. The van der Waals surface area contributed by atoms with Crippen LogP contribution in [-0.4, -0.2) is 22.5 Å². The number of benzene rings is 2. The summed E-state index contributed by atoms with van der Waals surface area (Å²) >= 11 is 3.53. The summed E-state index contributed by atoms with van der Waals surface area (Å²) in [5.41, 5.74) is 1.48. The number of hydrogen-bond acceptors (Lipinski definition) is 4. The predicted octanol–water partition coefficient (Wildman–Crippen LogP) is 5.65. The molecule has 0 atom stereocenters. The fourth-order valence-electron chi connectivity index (χ4n) is 3.87. The number of rotatable bonds is 6. The Kier molecular flexibility index (Phi) is 6.43. The molecule has 1 aliphatic carbocycles. The average molecular weight is 466 g/mol. The van der Waals surface area contributed by atoms with Crippen LogP contribution in [0.1, 0.15) is 49.4 Å². The van der Waals surface area contributed by atoms with E-state index in [0.29, 0.717) is 12.0 Å². The van der Waals surface area contributed by atoms with Crippen molar-refractivity contribution in [3.8, 4) is 5.75 Å². The van der Waals surface area contributed by atoms with Crippen LogP contribution in [0, 0.1) is 0 Å². The van der Waals surface area contributed by atoms with Crippen molar-refractivity contribution in [1.29, 1.82) is 0 Å². The molecule has 4 rings (SSSR count). The third kappa shape index (κ3) is 4.38. The zero-order valence-electron chi connectivity index (χ0n) is 16.8. The molecular weight excluding hydrogens is 442 g/mol. The Bertz CT molecular complexity index is 1150. The molecule has 0 N–H and O–H groups in total. The summed E-state index contributed by atoms with van der Waals surface area (Å²) in [6.45, 7) is 4.10. The van der Waals surface area contributed by atoms with Crippen LogP contribution >= 0.6 is 15.9 Å². The third-order valence-electron chi connectivity index (χ3n) is 5.38. The van der Waals surface area contributed by atoms with Crippen LogP contribution in [0.4, 0.5) is 0 Å². The maximum absolute atomic E-state index is 13.2. The first-order valence-electron chi connectivity index (χ1n) is 10.3. The minimum atomic E-state index is -0.123.